The van der Waals surface area contributed by atoms with Gasteiger partial charge < -0.3 is 15.6 Å². The first-order chi connectivity index (χ1) is 7.88. The van der Waals surface area contributed by atoms with E-state index in [-0.39, 0.29) is 16.7 Å². The maximum Gasteiger partial charge on any atom is 0.338 e. The summed E-state index contributed by atoms with van der Waals surface area (Å²) >= 11 is 0. The molecule has 0 atom stereocenters. The van der Waals surface area contributed by atoms with Gasteiger partial charge in [-0.2, -0.15) is 0 Å². The predicted molar refractivity (Wildman–Crippen MR) is 58.0 cm³/mol. The molecule has 6 nitrogen and oxygen atoms in total. The van der Waals surface area contributed by atoms with E-state index in [9.17, 15) is 14.4 Å². The molecule has 3 N–H and O–H groups in total. The Balaban J connectivity index is 3.52. The molecule has 0 fully saturated rings. The molecule has 90 valence electrons. The number of benzene rings is 1. The molecular formula is C11H11NO5. The Bertz CT molecular complexity index is 507. The van der Waals surface area contributed by atoms with Crippen molar-refractivity contribution in [3.63, 3.8) is 0 Å². The first-order valence-corrected chi connectivity index (χ1v) is 4.64. The summed E-state index contributed by atoms with van der Waals surface area (Å²) in [6.07, 6.45) is 0. The Hall–Kier alpha value is -2.37. The van der Waals surface area contributed by atoms with Crippen molar-refractivity contribution >= 4 is 17.8 Å². The van der Waals surface area contributed by atoms with Crippen molar-refractivity contribution in [2.75, 3.05) is 7.11 Å². The summed E-state index contributed by atoms with van der Waals surface area (Å²) < 4.78 is 4.49. The van der Waals surface area contributed by atoms with E-state index in [1.54, 1.807) is 0 Å². The average molecular weight is 237 g/mol. The van der Waals surface area contributed by atoms with Crippen LogP contribution in [0.25, 0.3) is 0 Å². The van der Waals surface area contributed by atoms with Crippen LogP contribution in [0, 0.1) is 6.92 Å². The lowest BCUT2D eigenvalue weighted by Gasteiger charge is -2.08. The highest BCUT2D eigenvalue weighted by atomic mass is 16.5. The molecular weight excluding hydrogens is 226 g/mol. The van der Waals surface area contributed by atoms with Gasteiger partial charge in [-0.1, -0.05) is 0 Å². The number of methoxy groups -OCH3 is 1. The number of aryl methyl sites for hydroxylation is 1. The van der Waals surface area contributed by atoms with E-state index in [1.165, 1.54) is 13.0 Å². The van der Waals surface area contributed by atoms with Gasteiger partial charge in [0.15, 0.2) is 0 Å². The Labute approximate surface area is 97.0 Å². The second-order valence-corrected chi connectivity index (χ2v) is 3.37. The number of carboxylic acid groups (broad SMARTS) is 1. The third kappa shape index (κ3) is 2.41. The SMILES string of the molecule is COC(=O)c1cc(C)c(C(=O)O)cc1C(N)=O. The quantitative estimate of drug-likeness (QED) is 0.747. The molecule has 0 saturated heterocycles. The van der Waals surface area contributed by atoms with Crippen LogP contribution in [0.1, 0.15) is 36.6 Å². The lowest BCUT2D eigenvalue weighted by atomic mass is 9.98. The number of rotatable bonds is 3. The van der Waals surface area contributed by atoms with Gasteiger partial charge in [0.05, 0.1) is 23.8 Å². The molecule has 17 heavy (non-hydrogen) atoms. The van der Waals surface area contributed by atoms with Crippen molar-refractivity contribution in [2.24, 2.45) is 5.73 Å². The number of primary amides is 1. The molecule has 0 aromatic heterocycles. The number of hydrogen-bond donors (Lipinski definition) is 2. The van der Waals surface area contributed by atoms with Gasteiger partial charge in [0.2, 0.25) is 5.91 Å². The van der Waals surface area contributed by atoms with Crippen LogP contribution in [0.2, 0.25) is 0 Å². The minimum Gasteiger partial charge on any atom is -0.478 e. The highest BCUT2D eigenvalue weighted by Gasteiger charge is 2.20. The number of aromatic carboxylic acids is 1. The van der Waals surface area contributed by atoms with Gasteiger partial charge in [0.1, 0.15) is 0 Å². The monoisotopic (exact) mass is 237 g/mol. The molecule has 0 radical (unpaired) electrons. The normalized spacial score (nSPS) is 9.76. The molecule has 0 aliphatic heterocycles. The van der Waals surface area contributed by atoms with Crippen LogP contribution in [0.15, 0.2) is 12.1 Å². The van der Waals surface area contributed by atoms with Crippen molar-refractivity contribution in [2.45, 2.75) is 6.92 Å². The average Bonchev–Trinajstić information content (AvgIpc) is 2.26. The first-order valence-electron chi connectivity index (χ1n) is 4.64. The summed E-state index contributed by atoms with van der Waals surface area (Å²) in [6.45, 7) is 1.51. The van der Waals surface area contributed by atoms with Gasteiger partial charge in [-0.15, -0.1) is 0 Å². The van der Waals surface area contributed by atoms with Gasteiger partial charge in [0, 0.05) is 0 Å². The standard InChI is InChI=1S/C11H11NO5/c1-5-3-8(11(16)17-2)7(9(12)13)4-6(5)10(14)15/h3-4H,1-2H3,(H2,12,13)(H,14,15). The zero-order valence-corrected chi connectivity index (χ0v) is 9.31. The van der Waals surface area contributed by atoms with E-state index in [2.05, 4.69) is 4.74 Å². The number of hydrogen-bond acceptors (Lipinski definition) is 4. The molecule has 0 bridgehead atoms. The number of nitrogens with two attached hydrogens (primary N) is 1. The zero-order chi connectivity index (χ0) is 13.2. The Kier molecular flexibility index (Phi) is 3.47. The van der Waals surface area contributed by atoms with Crippen molar-refractivity contribution in [3.8, 4) is 0 Å². The summed E-state index contributed by atoms with van der Waals surface area (Å²) in [5.41, 5.74) is 5.15. The molecule has 1 rings (SSSR count). The van der Waals surface area contributed by atoms with E-state index < -0.39 is 17.8 Å². The van der Waals surface area contributed by atoms with Gasteiger partial charge in [-0.05, 0) is 24.6 Å². The lowest BCUT2D eigenvalue weighted by Crippen LogP contribution is -2.19. The third-order valence-electron chi connectivity index (χ3n) is 2.27. The molecule has 0 saturated carbocycles. The van der Waals surface area contributed by atoms with Crippen molar-refractivity contribution in [1.82, 2.24) is 0 Å². The topological polar surface area (TPSA) is 107 Å². The van der Waals surface area contributed by atoms with Gasteiger partial charge in [-0.3, -0.25) is 4.79 Å². The van der Waals surface area contributed by atoms with E-state index in [0.29, 0.717) is 5.56 Å². The van der Waals surface area contributed by atoms with Crippen LogP contribution >= 0.6 is 0 Å². The Morgan fingerprint density at radius 2 is 1.76 bits per heavy atom. The molecule has 0 aliphatic rings. The second-order valence-electron chi connectivity index (χ2n) is 3.37. The van der Waals surface area contributed by atoms with Crippen LogP contribution in [-0.2, 0) is 4.74 Å². The summed E-state index contributed by atoms with van der Waals surface area (Å²) in [7, 11) is 1.16. The van der Waals surface area contributed by atoms with Crippen molar-refractivity contribution in [3.05, 3.63) is 34.4 Å². The fourth-order valence-electron chi connectivity index (χ4n) is 1.42. The maximum atomic E-state index is 11.4. The number of ether oxygens (including phenoxy) is 1. The summed E-state index contributed by atoms with van der Waals surface area (Å²) in [5, 5.41) is 8.89. The number of carboxylic acids is 1. The molecule has 1 amide bonds. The fourth-order valence-corrected chi connectivity index (χ4v) is 1.42. The number of carbonyl (C=O) groups excluding carboxylic acids is 2. The molecule has 6 heteroatoms. The van der Waals surface area contributed by atoms with Crippen LogP contribution < -0.4 is 5.73 Å². The van der Waals surface area contributed by atoms with Crippen LogP contribution in [0.5, 0.6) is 0 Å². The number of esters is 1. The van der Waals surface area contributed by atoms with Crippen molar-refractivity contribution in [1.29, 1.82) is 0 Å². The zero-order valence-electron chi connectivity index (χ0n) is 9.31. The summed E-state index contributed by atoms with van der Waals surface area (Å²) in [6, 6.07) is 2.35. The van der Waals surface area contributed by atoms with Crippen LogP contribution in [0.4, 0.5) is 0 Å². The van der Waals surface area contributed by atoms with E-state index in [4.69, 9.17) is 10.8 Å². The van der Waals surface area contributed by atoms with Gasteiger partial charge >= 0.3 is 11.9 Å². The Morgan fingerprint density at radius 1 is 1.18 bits per heavy atom. The molecule has 0 spiro atoms. The van der Waals surface area contributed by atoms with E-state index >= 15 is 0 Å². The number of amides is 1. The first kappa shape index (κ1) is 12.7. The molecule has 0 aliphatic carbocycles. The molecule has 0 unspecified atom stereocenters. The fraction of sp³-hybridized carbons (Fsp3) is 0.182. The second kappa shape index (κ2) is 4.65. The van der Waals surface area contributed by atoms with E-state index in [1.807, 2.05) is 0 Å². The minimum atomic E-state index is -1.19. The highest BCUT2D eigenvalue weighted by Crippen LogP contribution is 2.17. The molecule has 1 aromatic rings. The largest absolute Gasteiger partial charge is 0.478 e. The molecule has 1 aromatic carbocycles. The summed E-state index contributed by atoms with van der Waals surface area (Å²) in [4.78, 5) is 33.4. The minimum absolute atomic E-state index is 0.0394. The van der Waals surface area contributed by atoms with E-state index in [0.717, 1.165) is 13.2 Å². The molecule has 0 heterocycles. The predicted octanol–water partition coefficient (Wildman–Crippen LogP) is 0.579. The lowest BCUT2D eigenvalue weighted by molar-refractivity contribution is 0.0594. The van der Waals surface area contributed by atoms with Crippen LogP contribution in [-0.4, -0.2) is 30.1 Å². The maximum absolute atomic E-state index is 11.4. The van der Waals surface area contributed by atoms with Crippen LogP contribution in [0.3, 0.4) is 0 Å². The van der Waals surface area contributed by atoms with Gasteiger partial charge in [-0.25, -0.2) is 9.59 Å². The smallest absolute Gasteiger partial charge is 0.338 e. The third-order valence-corrected chi connectivity index (χ3v) is 2.27. The van der Waals surface area contributed by atoms with Crippen molar-refractivity contribution < 1.29 is 24.2 Å². The Morgan fingerprint density at radius 3 is 2.18 bits per heavy atom. The summed E-state index contributed by atoms with van der Waals surface area (Å²) in [5.74, 6) is -2.81. The van der Waals surface area contributed by atoms with Gasteiger partial charge in [0.25, 0.3) is 0 Å². The highest BCUT2D eigenvalue weighted by molar-refractivity contribution is 6.06. The number of carbonyl (C=O) groups is 3.